The van der Waals surface area contributed by atoms with Gasteiger partial charge in [-0.3, -0.25) is 0 Å². The maximum absolute atomic E-state index is 4.80. The van der Waals surface area contributed by atoms with E-state index in [9.17, 15) is 0 Å². The number of aryl methyl sites for hydroxylation is 1. The van der Waals surface area contributed by atoms with Crippen LogP contribution in [-0.4, -0.2) is 36.1 Å². The number of piperazine rings is 1. The molecule has 6 heteroatoms. The zero-order valence-corrected chi connectivity index (χ0v) is 13.9. The average Bonchev–Trinajstić information content (AvgIpc) is 3.06. The summed E-state index contributed by atoms with van der Waals surface area (Å²) < 4.78 is 0. The Kier molecular flexibility index (Phi) is 3.85. The highest BCUT2D eigenvalue weighted by Gasteiger charge is 2.16. The molecule has 3 heterocycles. The molecule has 3 aromatic rings. The van der Waals surface area contributed by atoms with Crippen molar-refractivity contribution >= 4 is 39.0 Å². The maximum atomic E-state index is 4.80. The van der Waals surface area contributed by atoms with E-state index in [0.717, 1.165) is 53.8 Å². The summed E-state index contributed by atoms with van der Waals surface area (Å²) in [5, 5.41) is 9.97. The molecule has 0 aliphatic carbocycles. The van der Waals surface area contributed by atoms with Crippen molar-refractivity contribution < 1.29 is 0 Å². The number of hydrogen-bond donors (Lipinski definition) is 2. The quantitative estimate of drug-likeness (QED) is 0.775. The lowest BCUT2D eigenvalue weighted by Crippen LogP contribution is -2.44. The van der Waals surface area contributed by atoms with Crippen LogP contribution in [0.1, 0.15) is 5.56 Å². The Morgan fingerprint density at radius 3 is 2.65 bits per heavy atom. The Balaban J connectivity index is 1.71. The van der Waals surface area contributed by atoms with Crippen LogP contribution in [0.25, 0.3) is 10.2 Å². The van der Waals surface area contributed by atoms with Crippen molar-refractivity contribution in [1.29, 1.82) is 0 Å². The van der Waals surface area contributed by atoms with E-state index in [1.807, 2.05) is 0 Å². The van der Waals surface area contributed by atoms with Gasteiger partial charge in [-0.1, -0.05) is 17.7 Å². The normalized spacial score (nSPS) is 15.1. The third kappa shape index (κ3) is 3.00. The van der Waals surface area contributed by atoms with E-state index in [1.165, 1.54) is 5.56 Å². The maximum Gasteiger partial charge on any atom is 0.228 e. The highest BCUT2D eigenvalue weighted by molar-refractivity contribution is 7.16. The molecule has 1 aromatic carbocycles. The predicted octanol–water partition coefficient (Wildman–Crippen LogP) is 3.15. The minimum atomic E-state index is 0.816. The highest BCUT2D eigenvalue weighted by Crippen LogP contribution is 2.29. The minimum Gasteiger partial charge on any atom is -0.340 e. The molecule has 2 aromatic heterocycles. The first kappa shape index (κ1) is 14.4. The molecule has 23 heavy (non-hydrogen) atoms. The van der Waals surface area contributed by atoms with E-state index < -0.39 is 0 Å². The molecule has 0 unspecified atom stereocenters. The monoisotopic (exact) mass is 325 g/mol. The molecule has 1 saturated heterocycles. The summed E-state index contributed by atoms with van der Waals surface area (Å²) in [4.78, 5) is 12.8. The number of rotatable bonds is 3. The first-order valence-corrected chi connectivity index (χ1v) is 8.72. The topological polar surface area (TPSA) is 53.1 Å². The summed E-state index contributed by atoms with van der Waals surface area (Å²) in [6.45, 7) is 5.94. The molecule has 4 rings (SSSR count). The van der Waals surface area contributed by atoms with Gasteiger partial charge in [0.1, 0.15) is 10.6 Å². The van der Waals surface area contributed by atoms with Crippen molar-refractivity contribution in [2.75, 3.05) is 36.4 Å². The van der Waals surface area contributed by atoms with Crippen molar-refractivity contribution in [3.05, 3.63) is 41.3 Å². The molecule has 5 nitrogen and oxygen atoms in total. The number of anilines is 3. The van der Waals surface area contributed by atoms with Crippen molar-refractivity contribution in [2.45, 2.75) is 6.92 Å². The van der Waals surface area contributed by atoms with Gasteiger partial charge < -0.3 is 15.5 Å². The lowest BCUT2D eigenvalue weighted by molar-refractivity contribution is 0.581. The first-order chi connectivity index (χ1) is 11.3. The van der Waals surface area contributed by atoms with E-state index in [1.54, 1.807) is 11.3 Å². The van der Waals surface area contributed by atoms with Gasteiger partial charge in [-0.25, -0.2) is 4.98 Å². The van der Waals surface area contributed by atoms with Crippen LogP contribution in [0.5, 0.6) is 0 Å². The second kappa shape index (κ2) is 6.14. The van der Waals surface area contributed by atoms with Crippen LogP contribution in [-0.2, 0) is 0 Å². The average molecular weight is 325 g/mol. The molecular formula is C17H19N5S. The highest BCUT2D eigenvalue weighted by atomic mass is 32.1. The van der Waals surface area contributed by atoms with Crippen LogP contribution in [0.15, 0.2) is 35.7 Å². The van der Waals surface area contributed by atoms with Crippen LogP contribution < -0.4 is 15.5 Å². The second-order valence-corrected chi connectivity index (χ2v) is 6.63. The summed E-state index contributed by atoms with van der Waals surface area (Å²) in [6.07, 6.45) is 0. The van der Waals surface area contributed by atoms with Crippen LogP contribution in [0.2, 0.25) is 0 Å². The van der Waals surface area contributed by atoms with Gasteiger partial charge in [-0.15, -0.1) is 11.3 Å². The van der Waals surface area contributed by atoms with Crippen molar-refractivity contribution in [2.24, 2.45) is 0 Å². The third-order valence-corrected chi connectivity index (χ3v) is 4.83. The van der Waals surface area contributed by atoms with E-state index in [0.29, 0.717) is 0 Å². The molecule has 1 fully saturated rings. The molecule has 1 aliphatic heterocycles. The molecule has 0 spiro atoms. The number of thiophene rings is 1. The lowest BCUT2D eigenvalue weighted by Gasteiger charge is -2.27. The molecule has 1 aliphatic rings. The predicted molar refractivity (Wildman–Crippen MR) is 97.0 cm³/mol. The summed E-state index contributed by atoms with van der Waals surface area (Å²) >= 11 is 1.66. The Bertz CT molecular complexity index is 805. The molecule has 0 amide bonds. The zero-order chi connectivity index (χ0) is 15.6. The van der Waals surface area contributed by atoms with Gasteiger partial charge in [0.25, 0.3) is 0 Å². The van der Waals surface area contributed by atoms with Gasteiger partial charge in [0.05, 0.1) is 5.39 Å². The second-order valence-electron chi connectivity index (χ2n) is 5.74. The summed E-state index contributed by atoms with van der Waals surface area (Å²) in [5.41, 5.74) is 2.30. The van der Waals surface area contributed by atoms with Crippen molar-refractivity contribution in [1.82, 2.24) is 15.3 Å². The Morgan fingerprint density at radius 1 is 1.09 bits per heavy atom. The van der Waals surface area contributed by atoms with Gasteiger partial charge in [-0.2, -0.15) is 4.98 Å². The molecule has 0 bridgehead atoms. The molecular weight excluding hydrogens is 306 g/mol. The largest absolute Gasteiger partial charge is 0.340 e. The van der Waals surface area contributed by atoms with Crippen molar-refractivity contribution in [3.8, 4) is 0 Å². The summed E-state index contributed by atoms with van der Waals surface area (Å²) in [5.74, 6) is 1.70. The van der Waals surface area contributed by atoms with E-state index in [-0.39, 0.29) is 0 Å². The van der Waals surface area contributed by atoms with E-state index in [4.69, 9.17) is 9.97 Å². The fourth-order valence-corrected chi connectivity index (χ4v) is 3.48. The number of benzene rings is 1. The lowest BCUT2D eigenvalue weighted by atomic mass is 10.2. The van der Waals surface area contributed by atoms with Crippen LogP contribution >= 0.6 is 11.3 Å². The number of nitrogens with zero attached hydrogens (tertiary/aromatic N) is 3. The smallest absolute Gasteiger partial charge is 0.228 e. The fraction of sp³-hybridized carbons (Fsp3) is 0.294. The number of aromatic nitrogens is 2. The Hall–Kier alpha value is -2.18. The van der Waals surface area contributed by atoms with Crippen LogP contribution in [0.3, 0.4) is 0 Å². The molecule has 0 atom stereocenters. The van der Waals surface area contributed by atoms with Gasteiger partial charge in [0.15, 0.2) is 0 Å². The molecule has 0 radical (unpaired) electrons. The molecule has 2 N–H and O–H groups in total. The van der Waals surface area contributed by atoms with Crippen molar-refractivity contribution in [3.63, 3.8) is 0 Å². The SMILES string of the molecule is Cc1ccc(Nc2nc(N3CCNCC3)nc3sccc23)cc1. The van der Waals surface area contributed by atoms with Crippen LogP contribution in [0.4, 0.5) is 17.5 Å². The zero-order valence-electron chi connectivity index (χ0n) is 13.0. The standard InChI is InChI=1S/C17H19N5S/c1-12-2-4-13(5-3-12)19-15-14-6-11-23-16(14)21-17(20-15)22-9-7-18-8-10-22/h2-6,11,18H,7-10H2,1H3,(H,19,20,21). The number of nitrogens with one attached hydrogen (secondary N) is 2. The van der Waals surface area contributed by atoms with Gasteiger partial charge in [0.2, 0.25) is 5.95 Å². The number of fused-ring (bicyclic) bond motifs is 1. The minimum absolute atomic E-state index is 0.816. The van der Waals surface area contributed by atoms with Gasteiger partial charge in [0, 0.05) is 31.9 Å². The Morgan fingerprint density at radius 2 is 1.87 bits per heavy atom. The number of hydrogen-bond acceptors (Lipinski definition) is 6. The third-order valence-electron chi connectivity index (χ3n) is 4.03. The van der Waals surface area contributed by atoms with E-state index >= 15 is 0 Å². The van der Waals surface area contributed by atoms with Crippen LogP contribution in [0, 0.1) is 6.92 Å². The van der Waals surface area contributed by atoms with Gasteiger partial charge in [-0.05, 0) is 30.5 Å². The molecule has 0 saturated carbocycles. The summed E-state index contributed by atoms with van der Waals surface area (Å²) in [7, 11) is 0. The fourth-order valence-electron chi connectivity index (χ4n) is 2.72. The van der Waals surface area contributed by atoms with E-state index in [2.05, 4.69) is 58.2 Å². The Labute approximate surface area is 139 Å². The van der Waals surface area contributed by atoms with Gasteiger partial charge >= 0.3 is 0 Å². The summed E-state index contributed by atoms with van der Waals surface area (Å²) in [6, 6.07) is 10.5. The molecule has 118 valence electrons. The first-order valence-electron chi connectivity index (χ1n) is 7.84.